The van der Waals surface area contributed by atoms with Crippen molar-refractivity contribution in [2.75, 3.05) is 0 Å². The maximum Gasteiger partial charge on any atom is 0.155 e. The monoisotopic (exact) mass is 330 g/mol. The highest BCUT2D eigenvalue weighted by Crippen LogP contribution is 2.36. The molecule has 13 heavy (non-hydrogen) atoms. The minimum absolute atomic E-state index is 0.0533. The lowest BCUT2D eigenvalue weighted by atomic mass is 10.2. The van der Waals surface area contributed by atoms with Crippen LogP contribution in [-0.4, -0.2) is 0 Å². The molecular formula is C8H2Cl2FIO. The zero-order valence-corrected chi connectivity index (χ0v) is 9.74. The highest BCUT2D eigenvalue weighted by molar-refractivity contribution is 14.1. The van der Waals surface area contributed by atoms with Gasteiger partial charge in [0.05, 0.1) is 19.0 Å². The van der Waals surface area contributed by atoms with Crippen LogP contribution in [0, 0.1) is 9.39 Å². The average molecular weight is 331 g/mol. The maximum atomic E-state index is 13.1. The van der Waals surface area contributed by atoms with Crippen LogP contribution in [0.3, 0.4) is 0 Å². The van der Waals surface area contributed by atoms with Gasteiger partial charge in [-0.1, -0.05) is 23.2 Å². The predicted octanol–water partition coefficient (Wildman–Crippen LogP) is 4.48. The smallest absolute Gasteiger partial charge is 0.155 e. The van der Waals surface area contributed by atoms with Crippen LogP contribution in [0.5, 0.6) is 0 Å². The minimum Gasteiger partial charge on any atom is -0.462 e. The maximum absolute atomic E-state index is 13.1. The van der Waals surface area contributed by atoms with E-state index in [2.05, 4.69) is 0 Å². The van der Waals surface area contributed by atoms with Crippen molar-refractivity contribution < 1.29 is 8.81 Å². The topological polar surface area (TPSA) is 13.1 Å². The molecule has 1 heterocycles. The Morgan fingerprint density at radius 1 is 1.38 bits per heavy atom. The van der Waals surface area contributed by atoms with E-state index in [0.717, 1.165) is 9.64 Å². The summed E-state index contributed by atoms with van der Waals surface area (Å²) in [5, 5.41) is 0.824. The average Bonchev–Trinajstić information content (AvgIpc) is 2.44. The van der Waals surface area contributed by atoms with Gasteiger partial charge in [-0.2, -0.15) is 0 Å². The summed E-state index contributed by atoms with van der Waals surface area (Å²) >= 11 is 13.5. The van der Waals surface area contributed by atoms with Gasteiger partial charge in [-0.05, 0) is 28.7 Å². The molecule has 1 aromatic carbocycles. The van der Waals surface area contributed by atoms with Crippen molar-refractivity contribution in [3.63, 3.8) is 0 Å². The second kappa shape index (κ2) is 3.29. The van der Waals surface area contributed by atoms with Gasteiger partial charge in [0.2, 0.25) is 0 Å². The molecule has 0 unspecified atom stereocenters. The van der Waals surface area contributed by atoms with Crippen LogP contribution in [0.4, 0.5) is 4.39 Å². The largest absolute Gasteiger partial charge is 0.462 e. The van der Waals surface area contributed by atoms with Gasteiger partial charge in [-0.3, -0.25) is 0 Å². The molecule has 0 atom stereocenters. The summed E-state index contributed by atoms with van der Waals surface area (Å²) in [5.74, 6) is -0.529. The zero-order chi connectivity index (χ0) is 9.59. The first kappa shape index (κ1) is 9.55. The van der Waals surface area contributed by atoms with E-state index in [-0.39, 0.29) is 10.0 Å². The molecule has 68 valence electrons. The number of halogens is 4. The van der Waals surface area contributed by atoms with Gasteiger partial charge in [0.25, 0.3) is 0 Å². The Balaban J connectivity index is 3.00. The molecular weight excluding hydrogens is 329 g/mol. The molecule has 1 nitrogen and oxygen atoms in total. The molecule has 2 rings (SSSR count). The van der Waals surface area contributed by atoms with Crippen LogP contribution in [0.15, 0.2) is 16.7 Å². The lowest BCUT2D eigenvalue weighted by Gasteiger charge is -1.97. The molecule has 0 saturated carbocycles. The molecule has 0 aliphatic rings. The molecule has 0 saturated heterocycles. The van der Waals surface area contributed by atoms with Crippen molar-refractivity contribution >= 4 is 56.8 Å². The van der Waals surface area contributed by atoms with Crippen LogP contribution < -0.4 is 0 Å². The summed E-state index contributed by atoms with van der Waals surface area (Å²) in [5.41, 5.74) is 0.428. The molecule has 1 aromatic heterocycles. The fourth-order valence-corrected chi connectivity index (χ4v) is 2.35. The fraction of sp³-hybridized carbons (Fsp3) is 0. The quantitative estimate of drug-likeness (QED) is 0.512. The van der Waals surface area contributed by atoms with Gasteiger partial charge in [-0.25, -0.2) is 4.39 Å². The lowest BCUT2D eigenvalue weighted by molar-refractivity contribution is 0.608. The van der Waals surface area contributed by atoms with Crippen molar-refractivity contribution in [2.24, 2.45) is 0 Å². The van der Waals surface area contributed by atoms with Gasteiger partial charge in [0.1, 0.15) is 12.1 Å². The third-order valence-electron chi connectivity index (χ3n) is 1.65. The molecule has 5 heteroatoms. The minimum atomic E-state index is -0.529. The Kier molecular flexibility index (Phi) is 2.42. The second-order valence-corrected chi connectivity index (χ2v) is 4.39. The molecule has 0 spiro atoms. The summed E-state index contributed by atoms with van der Waals surface area (Å²) in [6.07, 6.45) is 1.49. The van der Waals surface area contributed by atoms with Crippen LogP contribution in [-0.2, 0) is 0 Å². The van der Waals surface area contributed by atoms with Gasteiger partial charge in [-0.15, -0.1) is 0 Å². The van der Waals surface area contributed by atoms with E-state index in [4.69, 9.17) is 27.6 Å². The summed E-state index contributed by atoms with van der Waals surface area (Å²) in [7, 11) is 0. The van der Waals surface area contributed by atoms with Crippen molar-refractivity contribution in [3.05, 3.63) is 31.8 Å². The van der Waals surface area contributed by atoms with E-state index < -0.39 is 5.82 Å². The highest BCUT2D eigenvalue weighted by Gasteiger charge is 2.15. The lowest BCUT2D eigenvalue weighted by Crippen LogP contribution is -1.79. The summed E-state index contributed by atoms with van der Waals surface area (Å²) in [6.45, 7) is 0. The highest BCUT2D eigenvalue weighted by atomic mass is 127. The number of benzene rings is 1. The van der Waals surface area contributed by atoms with Crippen LogP contribution >= 0.6 is 45.8 Å². The van der Waals surface area contributed by atoms with Crippen molar-refractivity contribution in [1.82, 2.24) is 0 Å². The Labute approximate surface area is 96.9 Å². The molecule has 0 N–H and O–H groups in total. The molecule has 2 aromatic rings. The summed E-state index contributed by atoms with van der Waals surface area (Å²) in [6, 6.07) is 1.14. The molecule has 0 aliphatic carbocycles. The van der Waals surface area contributed by atoms with Crippen molar-refractivity contribution in [3.8, 4) is 0 Å². The third-order valence-corrected chi connectivity index (χ3v) is 3.09. The van der Waals surface area contributed by atoms with E-state index >= 15 is 0 Å². The zero-order valence-electron chi connectivity index (χ0n) is 6.07. The Morgan fingerprint density at radius 2 is 2.08 bits per heavy atom. The first-order valence-corrected chi connectivity index (χ1v) is 5.15. The fourth-order valence-electron chi connectivity index (χ4n) is 1.08. The second-order valence-electron chi connectivity index (χ2n) is 2.44. The molecule has 0 radical (unpaired) electrons. The number of rotatable bonds is 0. The van der Waals surface area contributed by atoms with E-state index in [1.54, 1.807) is 0 Å². The van der Waals surface area contributed by atoms with Gasteiger partial charge in [0.15, 0.2) is 5.58 Å². The Bertz CT molecular complexity index is 480. The van der Waals surface area contributed by atoms with Crippen molar-refractivity contribution in [1.29, 1.82) is 0 Å². The predicted molar refractivity (Wildman–Crippen MR) is 58.9 cm³/mol. The number of hydrogen-bond donors (Lipinski definition) is 0. The van der Waals surface area contributed by atoms with Crippen molar-refractivity contribution in [2.45, 2.75) is 0 Å². The van der Waals surface area contributed by atoms with Gasteiger partial charge in [0, 0.05) is 0 Å². The van der Waals surface area contributed by atoms with Gasteiger partial charge >= 0.3 is 0 Å². The molecule has 0 aliphatic heterocycles. The van der Waals surface area contributed by atoms with E-state index in [1.165, 1.54) is 6.26 Å². The van der Waals surface area contributed by atoms with Crippen LogP contribution in [0.2, 0.25) is 10.0 Å². The standard InChI is InChI=1S/C8H2Cl2FIO/c9-3-1-4(11)7(10)6-5(12)2-13-8(3)6/h1-2H. The summed E-state index contributed by atoms with van der Waals surface area (Å²) in [4.78, 5) is 0. The number of hydrogen-bond acceptors (Lipinski definition) is 1. The SMILES string of the molecule is Fc1cc(Cl)c2occ(I)c2c1Cl. The number of furan rings is 1. The van der Waals surface area contributed by atoms with E-state index in [0.29, 0.717) is 11.0 Å². The molecule has 0 amide bonds. The third kappa shape index (κ3) is 1.43. The van der Waals surface area contributed by atoms with E-state index in [1.807, 2.05) is 22.6 Å². The number of fused-ring (bicyclic) bond motifs is 1. The normalized spacial score (nSPS) is 11.1. The Hall–Kier alpha value is -0.0000000000000000555. The summed E-state index contributed by atoms with van der Waals surface area (Å²) < 4.78 is 19.0. The first-order valence-electron chi connectivity index (χ1n) is 3.31. The molecule has 0 fully saturated rings. The van der Waals surface area contributed by atoms with E-state index in [9.17, 15) is 4.39 Å². The van der Waals surface area contributed by atoms with Gasteiger partial charge < -0.3 is 4.42 Å². The van der Waals surface area contributed by atoms with Crippen LogP contribution in [0.1, 0.15) is 0 Å². The van der Waals surface area contributed by atoms with Crippen LogP contribution in [0.25, 0.3) is 11.0 Å². The molecule has 0 bridgehead atoms. The first-order chi connectivity index (χ1) is 6.11. The Morgan fingerprint density at radius 3 is 2.77 bits per heavy atom.